The lowest BCUT2D eigenvalue weighted by Crippen LogP contribution is -2.49. The minimum atomic E-state index is -3.35. The van der Waals surface area contributed by atoms with Gasteiger partial charge in [0.1, 0.15) is 5.82 Å². The van der Waals surface area contributed by atoms with Gasteiger partial charge in [0, 0.05) is 25.7 Å². The summed E-state index contributed by atoms with van der Waals surface area (Å²) < 4.78 is 37.5. The van der Waals surface area contributed by atoms with Crippen molar-refractivity contribution in [2.24, 2.45) is 0 Å². The number of piperazine rings is 1. The third kappa shape index (κ3) is 3.06. The van der Waals surface area contributed by atoms with Crippen LogP contribution in [0.4, 0.5) is 10.1 Å². The van der Waals surface area contributed by atoms with Crippen LogP contribution >= 0.6 is 0 Å². The number of anilines is 1. The molecule has 0 spiro atoms. The highest BCUT2D eigenvalue weighted by Gasteiger charge is 2.20. The maximum atomic E-state index is 14.1. The Balaban J connectivity index is 2.29. The molecule has 1 aromatic carbocycles. The highest BCUT2D eigenvalue weighted by Crippen LogP contribution is 2.24. The Hall–Kier alpha value is -1.14. The molecule has 2 rings (SSSR count). The van der Waals surface area contributed by atoms with Crippen LogP contribution in [0.5, 0.6) is 0 Å². The number of halogens is 1. The summed E-state index contributed by atoms with van der Waals surface area (Å²) >= 11 is 0. The van der Waals surface area contributed by atoms with Crippen molar-refractivity contribution in [1.82, 2.24) is 5.32 Å². The molecular formula is C13H19FN2O2S. The van der Waals surface area contributed by atoms with E-state index in [1.807, 2.05) is 11.8 Å². The molecule has 6 heteroatoms. The van der Waals surface area contributed by atoms with Crippen LogP contribution in [-0.2, 0) is 9.84 Å². The van der Waals surface area contributed by atoms with E-state index in [0.29, 0.717) is 11.7 Å². The van der Waals surface area contributed by atoms with E-state index < -0.39 is 15.7 Å². The number of nitrogens with one attached hydrogen (secondary N) is 1. The quantitative estimate of drug-likeness (QED) is 0.913. The Morgan fingerprint density at radius 3 is 2.79 bits per heavy atom. The maximum Gasteiger partial charge on any atom is 0.178 e. The first-order valence-corrected chi connectivity index (χ1v) is 8.10. The predicted molar refractivity (Wildman–Crippen MR) is 73.8 cm³/mol. The van der Waals surface area contributed by atoms with Crippen molar-refractivity contribution < 1.29 is 12.8 Å². The summed E-state index contributed by atoms with van der Waals surface area (Å²) in [7, 11) is -3.35. The van der Waals surface area contributed by atoms with E-state index in [0.717, 1.165) is 25.7 Å². The van der Waals surface area contributed by atoms with E-state index in [-0.39, 0.29) is 10.6 Å². The van der Waals surface area contributed by atoms with Crippen molar-refractivity contribution >= 4 is 15.5 Å². The summed E-state index contributed by atoms with van der Waals surface area (Å²) in [5.74, 6) is -0.486. The van der Waals surface area contributed by atoms with E-state index in [4.69, 9.17) is 0 Å². The van der Waals surface area contributed by atoms with Crippen LogP contribution in [0.1, 0.15) is 13.8 Å². The molecule has 19 heavy (non-hydrogen) atoms. The van der Waals surface area contributed by atoms with Gasteiger partial charge >= 0.3 is 0 Å². The first kappa shape index (κ1) is 14.3. The number of rotatable bonds is 3. The molecule has 0 aliphatic carbocycles. The van der Waals surface area contributed by atoms with Crippen LogP contribution in [0.15, 0.2) is 23.1 Å². The summed E-state index contributed by atoms with van der Waals surface area (Å²) in [6.45, 7) is 5.84. The zero-order valence-electron chi connectivity index (χ0n) is 11.2. The molecule has 1 N–H and O–H groups in total. The van der Waals surface area contributed by atoms with E-state index in [1.54, 1.807) is 13.0 Å². The largest absolute Gasteiger partial charge is 0.366 e. The van der Waals surface area contributed by atoms with Gasteiger partial charge in [0.25, 0.3) is 0 Å². The lowest BCUT2D eigenvalue weighted by atomic mass is 10.2. The van der Waals surface area contributed by atoms with Gasteiger partial charge in [-0.3, -0.25) is 0 Å². The van der Waals surface area contributed by atoms with Gasteiger partial charge in [-0.05, 0) is 25.1 Å². The van der Waals surface area contributed by atoms with Crippen molar-refractivity contribution in [2.75, 3.05) is 30.3 Å². The van der Waals surface area contributed by atoms with E-state index in [9.17, 15) is 12.8 Å². The van der Waals surface area contributed by atoms with Gasteiger partial charge in [-0.2, -0.15) is 0 Å². The highest BCUT2D eigenvalue weighted by atomic mass is 32.2. The van der Waals surface area contributed by atoms with Crippen molar-refractivity contribution in [3.63, 3.8) is 0 Å². The minimum absolute atomic E-state index is 0.0174. The number of hydrogen-bond donors (Lipinski definition) is 1. The molecule has 1 atom stereocenters. The number of benzene rings is 1. The second-order valence-electron chi connectivity index (χ2n) is 4.82. The molecule has 0 radical (unpaired) electrons. The van der Waals surface area contributed by atoms with Crippen molar-refractivity contribution in [3.05, 3.63) is 24.0 Å². The van der Waals surface area contributed by atoms with E-state index in [1.165, 1.54) is 6.07 Å². The Kier molecular flexibility index (Phi) is 4.10. The van der Waals surface area contributed by atoms with Gasteiger partial charge in [-0.25, -0.2) is 12.8 Å². The predicted octanol–water partition coefficient (Wildman–Crippen LogP) is 1.42. The second kappa shape index (κ2) is 5.46. The Morgan fingerprint density at radius 1 is 1.47 bits per heavy atom. The van der Waals surface area contributed by atoms with Gasteiger partial charge in [-0.15, -0.1) is 0 Å². The summed E-state index contributed by atoms with van der Waals surface area (Å²) in [6.07, 6.45) is 0. The van der Waals surface area contributed by atoms with Crippen molar-refractivity contribution in [3.8, 4) is 0 Å². The minimum Gasteiger partial charge on any atom is -0.366 e. The molecule has 1 saturated heterocycles. The number of hydrogen-bond acceptors (Lipinski definition) is 4. The summed E-state index contributed by atoms with van der Waals surface area (Å²) in [5.41, 5.74) is 0.475. The standard InChI is InChI=1S/C13H19FN2O2S/c1-3-19(17,18)11-4-5-13(12(14)8-11)16-7-6-15-10(2)9-16/h4-5,8,10,15H,3,6-7,9H2,1-2H3/t10-/m0/s1. The first-order valence-electron chi connectivity index (χ1n) is 6.44. The van der Waals surface area contributed by atoms with Gasteiger partial charge in [-0.1, -0.05) is 6.92 Å². The summed E-state index contributed by atoms with van der Waals surface area (Å²) in [6, 6.07) is 4.48. The SMILES string of the molecule is CCS(=O)(=O)c1ccc(N2CCN[C@@H](C)C2)c(F)c1. The molecule has 1 heterocycles. The van der Waals surface area contributed by atoms with Gasteiger partial charge < -0.3 is 10.2 Å². The Bertz CT molecular complexity index is 560. The molecule has 0 unspecified atom stereocenters. The zero-order valence-corrected chi connectivity index (χ0v) is 12.0. The van der Waals surface area contributed by atoms with E-state index in [2.05, 4.69) is 5.32 Å². The average molecular weight is 286 g/mol. The topological polar surface area (TPSA) is 49.4 Å². The van der Waals surface area contributed by atoms with Gasteiger partial charge in [0.15, 0.2) is 9.84 Å². The lowest BCUT2D eigenvalue weighted by Gasteiger charge is -2.33. The molecule has 1 fully saturated rings. The van der Waals surface area contributed by atoms with Crippen LogP contribution in [-0.4, -0.2) is 39.8 Å². The fraction of sp³-hybridized carbons (Fsp3) is 0.538. The molecule has 4 nitrogen and oxygen atoms in total. The molecule has 1 aliphatic heterocycles. The zero-order chi connectivity index (χ0) is 14.0. The van der Waals surface area contributed by atoms with E-state index >= 15 is 0 Å². The highest BCUT2D eigenvalue weighted by molar-refractivity contribution is 7.91. The van der Waals surface area contributed by atoms with Gasteiger partial charge in [0.05, 0.1) is 16.3 Å². The molecule has 0 aromatic heterocycles. The van der Waals surface area contributed by atoms with Crippen LogP contribution < -0.4 is 10.2 Å². The average Bonchev–Trinajstić information content (AvgIpc) is 2.38. The van der Waals surface area contributed by atoms with Crippen LogP contribution in [0.2, 0.25) is 0 Å². The fourth-order valence-corrected chi connectivity index (χ4v) is 3.15. The third-order valence-corrected chi connectivity index (χ3v) is 5.10. The molecule has 0 saturated carbocycles. The third-order valence-electron chi connectivity index (χ3n) is 3.37. The molecule has 106 valence electrons. The van der Waals surface area contributed by atoms with Crippen molar-refractivity contribution in [1.29, 1.82) is 0 Å². The number of sulfone groups is 1. The maximum absolute atomic E-state index is 14.1. The van der Waals surface area contributed by atoms with Crippen LogP contribution in [0.3, 0.4) is 0 Å². The Labute approximate surface area is 113 Å². The normalized spacial score (nSPS) is 20.6. The summed E-state index contributed by atoms with van der Waals surface area (Å²) in [4.78, 5) is 2.00. The lowest BCUT2D eigenvalue weighted by molar-refractivity contribution is 0.478. The Morgan fingerprint density at radius 2 is 2.21 bits per heavy atom. The van der Waals surface area contributed by atoms with Crippen molar-refractivity contribution in [2.45, 2.75) is 24.8 Å². The molecule has 0 bridgehead atoms. The van der Waals surface area contributed by atoms with Crippen LogP contribution in [0, 0.1) is 5.82 Å². The first-order chi connectivity index (χ1) is 8.94. The smallest absolute Gasteiger partial charge is 0.178 e. The molecule has 0 amide bonds. The summed E-state index contributed by atoms with van der Waals surface area (Å²) in [5, 5.41) is 3.29. The second-order valence-corrected chi connectivity index (χ2v) is 7.10. The van der Waals surface area contributed by atoms with Gasteiger partial charge in [0.2, 0.25) is 0 Å². The number of nitrogens with zero attached hydrogens (tertiary/aromatic N) is 1. The molecule has 1 aliphatic rings. The monoisotopic (exact) mass is 286 g/mol. The molecular weight excluding hydrogens is 267 g/mol. The fourth-order valence-electron chi connectivity index (χ4n) is 2.26. The van der Waals surface area contributed by atoms with Crippen LogP contribution in [0.25, 0.3) is 0 Å². The molecule has 1 aromatic rings.